The van der Waals surface area contributed by atoms with Crippen molar-refractivity contribution in [3.63, 3.8) is 0 Å². The third-order valence-electron chi connectivity index (χ3n) is 1.75. The van der Waals surface area contributed by atoms with Crippen LogP contribution >= 0.6 is 11.8 Å². The van der Waals surface area contributed by atoms with Crippen molar-refractivity contribution in [2.45, 2.75) is 25.8 Å². The summed E-state index contributed by atoms with van der Waals surface area (Å²) in [5.41, 5.74) is 1.49. The van der Waals surface area contributed by atoms with E-state index in [9.17, 15) is 0 Å². The highest BCUT2D eigenvalue weighted by Gasteiger charge is 2.02. The first-order valence-electron chi connectivity index (χ1n) is 4.64. The van der Waals surface area contributed by atoms with Crippen molar-refractivity contribution in [2.75, 3.05) is 5.75 Å². The fourth-order valence-corrected chi connectivity index (χ4v) is 1.86. The molecule has 0 amide bonds. The van der Waals surface area contributed by atoms with Gasteiger partial charge in [0.15, 0.2) is 0 Å². The van der Waals surface area contributed by atoms with Crippen LogP contribution in [-0.2, 0) is 0 Å². The Hall–Kier alpha value is -1.01. The number of hydrogen-bond donors (Lipinski definition) is 0. The second kappa shape index (κ2) is 5.02. The molecular formula is C11H14N2S. The van der Waals surface area contributed by atoms with E-state index in [4.69, 9.17) is 5.26 Å². The second-order valence-electron chi connectivity index (χ2n) is 3.60. The van der Waals surface area contributed by atoms with Gasteiger partial charge in [0.2, 0.25) is 0 Å². The van der Waals surface area contributed by atoms with Gasteiger partial charge < -0.3 is 0 Å². The molecule has 1 heterocycles. The predicted molar refractivity (Wildman–Crippen MR) is 59.3 cm³/mol. The number of aryl methyl sites for hydroxylation is 1. The van der Waals surface area contributed by atoms with Crippen LogP contribution < -0.4 is 0 Å². The molecule has 74 valence electrons. The molecule has 14 heavy (non-hydrogen) atoms. The number of hydrogen-bond acceptors (Lipinski definition) is 3. The van der Waals surface area contributed by atoms with E-state index in [0.29, 0.717) is 11.5 Å². The van der Waals surface area contributed by atoms with Gasteiger partial charge >= 0.3 is 0 Å². The topological polar surface area (TPSA) is 36.7 Å². The van der Waals surface area contributed by atoms with Crippen LogP contribution in [0.2, 0.25) is 0 Å². The highest BCUT2D eigenvalue weighted by atomic mass is 32.2. The maximum atomic E-state index is 8.73. The molecule has 0 unspecified atom stereocenters. The zero-order chi connectivity index (χ0) is 10.6. The van der Waals surface area contributed by atoms with E-state index in [1.54, 1.807) is 11.8 Å². The molecule has 0 aromatic carbocycles. The second-order valence-corrected chi connectivity index (χ2v) is 4.64. The Morgan fingerprint density at radius 2 is 2.21 bits per heavy atom. The summed E-state index contributed by atoms with van der Waals surface area (Å²) < 4.78 is 0. The van der Waals surface area contributed by atoms with Crippen LogP contribution in [-0.4, -0.2) is 10.7 Å². The maximum Gasteiger partial charge on any atom is 0.101 e. The van der Waals surface area contributed by atoms with Gasteiger partial charge in [-0.2, -0.15) is 5.26 Å². The van der Waals surface area contributed by atoms with E-state index in [1.807, 2.05) is 19.1 Å². The number of aromatic nitrogens is 1. The normalized spacial score (nSPS) is 10.2. The summed E-state index contributed by atoms with van der Waals surface area (Å²) in [6, 6.07) is 5.87. The molecule has 1 aromatic heterocycles. The van der Waals surface area contributed by atoms with Gasteiger partial charge in [0.25, 0.3) is 0 Å². The molecule has 0 aliphatic carbocycles. The fourth-order valence-electron chi connectivity index (χ4n) is 0.989. The molecule has 1 rings (SSSR count). The van der Waals surface area contributed by atoms with Crippen molar-refractivity contribution in [1.82, 2.24) is 4.98 Å². The smallest absolute Gasteiger partial charge is 0.101 e. The molecule has 0 atom stereocenters. The van der Waals surface area contributed by atoms with E-state index < -0.39 is 0 Å². The van der Waals surface area contributed by atoms with Crippen molar-refractivity contribution in [3.8, 4) is 6.07 Å². The molecule has 3 heteroatoms. The third-order valence-corrected chi connectivity index (χ3v) is 3.10. The standard InChI is InChI=1S/C11H14N2S/c1-8(2)7-14-11-5-4-10(6-12)9(3)13-11/h4-5,8H,7H2,1-3H3. The van der Waals surface area contributed by atoms with Crippen LogP contribution in [0.15, 0.2) is 17.2 Å². The lowest BCUT2D eigenvalue weighted by molar-refractivity contribution is 0.749. The quantitative estimate of drug-likeness (QED) is 0.713. The van der Waals surface area contributed by atoms with Gasteiger partial charge in [0, 0.05) is 5.75 Å². The van der Waals surface area contributed by atoms with Crippen LogP contribution in [0.1, 0.15) is 25.1 Å². The molecule has 0 N–H and O–H groups in total. The summed E-state index contributed by atoms with van der Waals surface area (Å²) in [5, 5.41) is 9.74. The Kier molecular flexibility index (Phi) is 3.97. The zero-order valence-corrected chi connectivity index (χ0v) is 9.56. The first kappa shape index (κ1) is 11.1. The molecule has 2 nitrogen and oxygen atoms in total. The summed E-state index contributed by atoms with van der Waals surface area (Å²) in [5.74, 6) is 1.73. The minimum atomic E-state index is 0.665. The Morgan fingerprint density at radius 1 is 1.50 bits per heavy atom. The predicted octanol–water partition coefficient (Wildman–Crippen LogP) is 3.01. The van der Waals surface area contributed by atoms with Gasteiger partial charge in [-0.1, -0.05) is 13.8 Å². The number of pyridine rings is 1. The van der Waals surface area contributed by atoms with Gasteiger partial charge in [-0.3, -0.25) is 0 Å². The fraction of sp³-hybridized carbons (Fsp3) is 0.455. The molecule has 1 aromatic rings. The minimum absolute atomic E-state index is 0.665. The first-order chi connectivity index (χ1) is 6.63. The lowest BCUT2D eigenvalue weighted by Gasteiger charge is -2.04. The van der Waals surface area contributed by atoms with Crippen molar-refractivity contribution in [1.29, 1.82) is 5.26 Å². The van der Waals surface area contributed by atoms with Crippen molar-refractivity contribution in [3.05, 3.63) is 23.4 Å². The first-order valence-corrected chi connectivity index (χ1v) is 5.62. The van der Waals surface area contributed by atoms with Gasteiger partial charge in [-0.05, 0) is 25.0 Å². The summed E-state index contributed by atoms with van der Waals surface area (Å²) in [4.78, 5) is 4.36. The third kappa shape index (κ3) is 3.04. The number of thioether (sulfide) groups is 1. The molecule has 0 bridgehead atoms. The maximum absolute atomic E-state index is 8.73. The summed E-state index contributed by atoms with van der Waals surface area (Å²) in [6.45, 7) is 6.24. The number of nitrogens with zero attached hydrogens (tertiary/aromatic N) is 2. The highest BCUT2D eigenvalue weighted by molar-refractivity contribution is 7.99. The largest absolute Gasteiger partial charge is 0.245 e. The van der Waals surface area contributed by atoms with E-state index in [-0.39, 0.29) is 0 Å². The molecule has 0 spiro atoms. The summed E-state index contributed by atoms with van der Waals surface area (Å²) >= 11 is 1.74. The lowest BCUT2D eigenvalue weighted by atomic mass is 10.2. The average Bonchev–Trinajstić information content (AvgIpc) is 2.15. The molecule has 0 saturated heterocycles. The van der Waals surface area contributed by atoms with Crippen molar-refractivity contribution in [2.24, 2.45) is 5.92 Å². The van der Waals surface area contributed by atoms with Crippen LogP contribution in [0.4, 0.5) is 0 Å². The average molecular weight is 206 g/mol. The van der Waals surface area contributed by atoms with Crippen LogP contribution in [0.5, 0.6) is 0 Å². The van der Waals surface area contributed by atoms with Crippen molar-refractivity contribution < 1.29 is 0 Å². The van der Waals surface area contributed by atoms with E-state index in [1.165, 1.54) is 0 Å². The molecular weight excluding hydrogens is 192 g/mol. The molecule has 0 aliphatic rings. The highest BCUT2D eigenvalue weighted by Crippen LogP contribution is 2.19. The van der Waals surface area contributed by atoms with Gasteiger partial charge in [0.1, 0.15) is 6.07 Å². The van der Waals surface area contributed by atoms with Gasteiger partial charge in [-0.15, -0.1) is 11.8 Å². The summed E-state index contributed by atoms with van der Waals surface area (Å²) in [7, 11) is 0. The number of rotatable bonds is 3. The van der Waals surface area contributed by atoms with Crippen LogP contribution in [0.25, 0.3) is 0 Å². The monoisotopic (exact) mass is 206 g/mol. The Balaban J connectivity index is 2.73. The van der Waals surface area contributed by atoms with Crippen LogP contribution in [0, 0.1) is 24.2 Å². The van der Waals surface area contributed by atoms with Gasteiger partial charge in [0.05, 0.1) is 16.3 Å². The number of nitriles is 1. The Morgan fingerprint density at radius 3 is 2.71 bits per heavy atom. The zero-order valence-electron chi connectivity index (χ0n) is 8.74. The minimum Gasteiger partial charge on any atom is -0.245 e. The molecule has 0 radical (unpaired) electrons. The van der Waals surface area contributed by atoms with E-state index in [0.717, 1.165) is 16.5 Å². The SMILES string of the molecule is Cc1nc(SCC(C)C)ccc1C#N. The van der Waals surface area contributed by atoms with Gasteiger partial charge in [-0.25, -0.2) is 4.98 Å². The van der Waals surface area contributed by atoms with E-state index in [2.05, 4.69) is 24.9 Å². The van der Waals surface area contributed by atoms with E-state index >= 15 is 0 Å². The summed E-state index contributed by atoms with van der Waals surface area (Å²) in [6.07, 6.45) is 0. The lowest BCUT2D eigenvalue weighted by Crippen LogP contribution is -1.94. The molecule has 0 aliphatic heterocycles. The van der Waals surface area contributed by atoms with Crippen molar-refractivity contribution >= 4 is 11.8 Å². The molecule has 0 fully saturated rings. The molecule has 0 saturated carbocycles. The van der Waals surface area contributed by atoms with Crippen LogP contribution in [0.3, 0.4) is 0 Å². The Bertz CT molecular complexity index is 353. The Labute approximate surface area is 89.4 Å².